The first kappa shape index (κ1) is 17.7. The Bertz CT molecular complexity index is 821. The highest BCUT2D eigenvalue weighted by Crippen LogP contribution is 2.31. The number of para-hydroxylation sites is 1. The van der Waals surface area contributed by atoms with Gasteiger partial charge in [-0.05, 0) is 24.6 Å². The van der Waals surface area contributed by atoms with Crippen LogP contribution in [0.2, 0.25) is 0 Å². The molecule has 1 amide bonds. The maximum absolute atomic E-state index is 12.7. The van der Waals surface area contributed by atoms with Crippen molar-refractivity contribution in [3.63, 3.8) is 0 Å². The van der Waals surface area contributed by atoms with Gasteiger partial charge in [-0.25, -0.2) is 0 Å². The van der Waals surface area contributed by atoms with E-state index < -0.39 is 4.92 Å². The summed E-state index contributed by atoms with van der Waals surface area (Å²) in [6.07, 6.45) is -0.00442. The molecule has 1 heterocycles. The summed E-state index contributed by atoms with van der Waals surface area (Å²) >= 11 is 0. The second-order valence-corrected chi connectivity index (χ2v) is 5.95. The number of nitro benzene ring substituents is 1. The van der Waals surface area contributed by atoms with Crippen LogP contribution in [0.4, 0.5) is 5.69 Å². The van der Waals surface area contributed by atoms with Crippen LogP contribution < -0.4 is 9.47 Å². The van der Waals surface area contributed by atoms with Crippen molar-refractivity contribution in [2.45, 2.75) is 19.9 Å². The number of amides is 1. The summed E-state index contributed by atoms with van der Waals surface area (Å²) in [5, 5.41) is 11.1. The molecule has 7 nitrogen and oxygen atoms in total. The Kier molecular flexibility index (Phi) is 5.36. The average molecular weight is 356 g/mol. The predicted molar refractivity (Wildman–Crippen MR) is 95.3 cm³/mol. The second-order valence-electron chi connectivity index (χ2n) is 5.95. The van der Waals surface area contributed by atoms with Gasteiger partial charge in [0.2, 0.25) is 5.91 Å². The molecule has 0 aliphatic carbocycles. The molecule has 7 heteroatoms. The number of ether oxygens (including phenoxy) is 2. The summed E-state index contributed by atoms with van der Waals surface area (Å²) in [5.41, 5.74) is 1.31. The Balaban J connectivity index is 1.73. The molecule has 0 bridgehead atoms. The van der Waals surface area contributed by atoms with Gasteiger partial charge in [-0.2, -0.15) is 0 Å². The van der Waals surface area contributed by atoms with Gasteiger partial charge in [0.25, 0.3) is 5.69 Å². The largest absolute Gasteiger partial charge is 0.486 e. The minimum Gasteiger partial charge on any atom is -0.486 e. The summed E-state index contributed by atoms with van der Waals surface area (Å²) in [6, 6.07) is 11.9. The highest BCUT2D eigenvalue weighted by molar-refractivity contribution is 5.80. The highest BCUT2D eigenvalue weighted by Gasteiger charge is 2.20. The number of nitrogens with zero attached hydrogens (tertiary/aromatic N) is 2. The Hall–Kier alpha value is -3.09. The number of carbonyl (C=O) groups excluding carboxylic acids is 1. The van der Waals surface area contributed by atoms with Gasteiger partial charge in [0.15, 0.2) is 11.5 Å². The summed E-state index contributed by atoms with van der Waals surface area (Å²) < 4.78 is 11.1. The Labute approximate surface area is 151 Å². The van der Waals surface area contributed by atoms with Gasteiger partial charge >= 0.3 is 0 Å². The van der Waals surface area contributed by atoms with Gasteiger partial charge in [-0.1, -0.05) is 24.3 Å². The fourth-order valence-corrected chi connectivity index (χ4v) is 2.90. The summed E-state index contributed by atoms with van der Waals surface area (Å²) in [4.78, 5) is 25.0. The normalized spacial score (nSPS) is 12.5. The van der Waals surface area contributed by atoms with Crippen LogP contribution in [0.25, 0.3) is 0 Å². The number of rotatable bonds is 6. The number of benzene rings is 2. The van der Waals surface area contributed by atoms with Crippen LogP contribution >= 0.6 is 0 Å². The molecule has 1 aliphatic heterocycles. The third-order valence-electron chi connectivity index (χ3n) is 4.24. The van der Waals surface area contributed by atoms with E-state index in [1.165, 1.54) is 6.07 Å². The minimum absolute atomic E-state index is 0.00442. The van der Waals surface area contributed by atoms with E-state index in [-0.39, 0.29) is 18.0 Å². The van der Waals surface area contributed by atoms with Crippen LogP contribution in [0.5, 0.6) is 11.5 Å². The zero-order valence-electron chi connectivity index (χ0n) is 14.5. The second kappa shape index (κ2) is 7.86. The van der Waals surface area contributed by atoms with E-state index in [4.69, 9.17) is 9.47 Å². The molecular weight excluding hydrogens is 336 g/mol. The topological polar surface area (TPSA) is 81.9 Å². The molecule has 0 spiro atoms. The van der Waals surface area contributed by atoms with E-state index in [0.717, 1.165) is 5.56 Å². The lowest BCUT2D eigenvalue weighted by atomic mass is 10.1. The van der Waals surface area contributed by atoms with E-state index in [1.54, 1.807) is 23.1 Å². The van der Waals surface area contributed by atoms with Gasteiger partial charge in [-0.3, -0.25) is 14.9 Å². The van der Waals surface area contributed by atoms with E-state index in [1.807, 2.05) is 25.1 Å². The standard InChI is InChI=1S/C19H20N2O5/c1-2-20(13-14-7-8-17-18(11-14)26-10-9-25-17)19(22)12-15-5-3-4-6-16(15)21(23)24/h3-8,11H,2,9-10,12-13H2,1H3. The zero-order valence-corrected chi connectivity index (χ0v) is 14.5. The SMILES string of the molecule is CCN(Cc1ccc2c(c1)OCCO2)C(=O)Cc1ccccc1[N+](=O)[O-]. The van der Waals surface area contributed by atoms with Gasteiger partial charge in [0.05, 0.1) is 11.3 Å². The van der Waals surface area contributed by atoms with Crippen LogP contribution in [0.1, 0.15) is 18.1 Å². The zero-order chi connectivity index (χ0) is 18.5. The molecule has 0 radical (unpaired) electrons. The molecule has 2 aromatic carbocycles. The van der Waals surface area contributed by atoms with Crippen molar-refractivity contribution < 1.29 is 19.2 Å². The third kappa shape index (κ3) is 3.93. The molecule has 136 valence electrons. The number of likely N-dealkylation sites (N-methyl/N-ethyl adjacent to an activating group) is 1. The maximum Gasteiger partial charge on any atom is 0.273 e. The van der Waals surface area contributed by atoms with Gasteiger partial charge in [0.1, 0.15) is 13.2 Å². The lowest BCUT2D eigenvalue weighted by Gasteiger charge is -2.23. The summed E-state index contributed by atoms with van der Waals surface area (Å²) in [5.74, 6) is 1.22. The minimum atomic E-state index is -0.459. The molecule has 3 rings (SSSR count). The summed E-state index contributed by atoms with van der Waals surface area (Å²) in [6.45, 7) is 3.84. The molecule has 0 aromatic heterocycles. The predicted octanol–water partition coefficient (Wildman–Crippen LogP) is 2.96. The quantitative estimate of drug-likeness (QED) is 0.587. The molecule has 0 N–H and O–H groups in total. The van der Waals surface area contributed by atoms with Crippen LogP contribution in [0.3, 0.4) is 0 Å². The first-order valence-electron chi connectivity index (χ1n) is 8.47. The number of fused-ring (bicyclic) bond motifs is 1. The first-order valence-corrected chi connectivity index (χ1v) is 8.47. The molecule has 0 saturated carbocycles. The molecule has 2 aromatic rings. The van der Waals surface area contributed by atoms with Crippen LogP contribution in [-0.4, -0.2) is 35.5 Å². The molecule has 0 atom stereocenters. The van der Waals surface area contributed by atoms with Gasteiger partial charge < -0.3 is 14.4 Å². The third-order valence-corrected chi connectivity index (χ3v) is 4.24. The van der Waals surface area contributed by atoms with E-state index in [0.29, 0.717) is 43.4 Å². The average Bonchev–Trinajstić information content (AvgIpc) is 2.66. The number of hydrogen-bond donors (Lipinski definition) is 0. The van der Waals surface area contributed by atoms with Crippen LogP contribution in [0, 0.1) is 10.1 Å². The smallest absolute Gasteiger partial charge is 0.273 e. The fraction of sp³-hybridized carbons (Fsp3) is 0.316. The molecule has 0 fully saturated rings. The highest BCUT2D eigenvalue weighted by atomic mass is 16.6. The molecule has 0 unspecified atom stereocenters. The van der Waals surface area contributed by atoms with Gasteiger partial charge in [-0.15, -0.1) is 0 Å². The Morgan fingerprint density at radius 3 is 2.62 bits per heavy atom. The Morgan fingerprint density at radius 1 is 1.15 bits per heavy atom. The van der Waals surface area contributed by atoms with Crippen molar-refractivity contribution in [2.75, 3.05) is 19.8 Å². The number of hydrogen-bond acceptors (Lipinski definition) is 5. The summed E-state index contributed by atoms with van der Waals surface area (Å²) in [7, 11) is 0. The van der Waals surface area contributed by atoms with Crippen molar-refractivity contribution >= 4 is 11.6 Å². The number of carbonyl (C=O) groups is 1. The van der Waals surface area contributed by atoms with Crippen LogP contribution in [-0.2, 0) is 17.8 Å². The molecular formula is C19H20N2O5. The first-order chi connectivity index (χ1) is 12.6. The van der Waals surface area contributed by atoms with Crippen molar-refractivity contribution in [3.8, 4) is 11.5 Å². The molecule has 0 saturated heterocycles. The lowest BCUT2D eigenvalue weighted by Crippen LogP contribution is -2.31. The molecule has 26 heavy (non-hydrogen) atoms. The van der Waals surface area contributed by atoms with E-state index in [2.05, 4.69) is 0 Å². The maximum atomic E-state index is 12.7. The number of nitro groups is 1. The van der Waals surface area contributed by atoms with Crippen molar-refractivity contribution in [3.05, 3.63) is 63.7 Å². The lowest BCUT2D eigenvalue weighted by molar-refractivity contribution is -0.385. The fourth-order valence-electron chi connectivity index (χ4n) is 2.90. The van der Waals surface area contributed by atoms with Crippen LogP contribution in [0.15, 0.2) is 42.5 Å². The van der Waals surface area contributed by atoms with Crippen molar-refractivity contribution in [1.82, 2.24) is 4.90 Å². The monoisotopic (exact) mass is 356 g/mol. The van der Waals surface area contributed by atoms with E-state index in [9.17, 15) is 14.9 Å². The molecule has 1 aliphatic rings. The van der Waals surface area contributed by atoms with E-state index >= 15 is 0 Å². The van der Waals surface area contributed by atoms with Crippen molar-refractivity contribution in [2.24, 2.45) is 0 Å². The Morgan fingerprint density at radius 2 is 1.88 bits per heavy atom. The van der Waals surface area contributed by atoms with Gasteiger partial charge in [0, 0.05) is 24.7 Å². The van der Waals surface area contributed by atoms with Crippen molar-refractivity contribution in [1.29, 1.82) is 0 Å².